The van der Waals surface area contributed by atoms with Crippen LogP contribution in [0.5, 0.6) is 5.75 Å². The van der Waals surface area contributed by atoms with Gasteiger partial charge in [-0.15, -0.1) is 0 Å². The van der Waals surface area contributed by atoms with Gasteiger partial charge in [-0.3, -0.25) is 10.2 Å². The van der Waals surface area contributed by atoms with E-state index in [2.05, 4.69) is 0 Å². The Morgan fingerprint density at radius 1 is 1.65 bits per heavy atom. The van der Waals surface area contributed by atoms with Crippen LogP contribution in [0.25, 0.3) is 0 Å². The Balaban J connectivity index is 2.82. The number of ether oxygens (including phenoxy) is 1. The SMILES string of the molecule is CCCC(Oc1ccc(F)cc1Cl)C(=O)NN. The molecule has 1 rings (SSSR count). The Kier molecular flexibility index (Phi) is 5.18. The molecule has 1 aromatic carbocycles. The first-order valence-corrected chi connectivity index (χ1v) is 5.58. The Bertz CT molecular complexity index is 401. The number of carbonyl (C=O) groups excluding carboxylic acids is 1. The van der Waals surface area contributed by atoms with Crippen molar-refractivity contribution in [3.8, 4) is 5.75 Å². The molecule has 4 nitrogen and oxygen atoms in total. The molecule has 0 saturated carbocycles. The van der Waals surface area contributed by atoms with Crippen molar-refractivity contribution in [2.75, 3.05) is 0 Å². The lowest BCUT2D eigenvalue weighted by Gasteiger charge is -2.17. The minimum Gasteiger partial charge on any atom is -0.479 e. The van der Waals surface area contributed by atoms with Crippen LogP contribution in [0, 0.1) is 5.82 Å². The van der Waals surface area contributed by atoms with Gasteiger partial charge in [-0.2, -0.15) is 0 Å². The summed E-state index contributed by atoms with van der Waals surface area (Å²) >= 11 is 5.79. The summed E-state index contributed by atoms with van der Waals surface area (Å²) in [5.41, 5.74) is 2.02. The highest BCUT2D eigenvalue weighted by atomic mass is 35.5. The van der Waals surface area contributed by atoms with Gasteiger partial charge in [-0.25, -0.2) is 10.2 Å². The summed E-state index contributed by atoms with van der Waals surface area (Å²) in [6.07, 6.45) is 0.515. The minimum absolute atomic E-state index is 0.121. The van der Waals surface area contributed by atoms with Crippen molar-refractivity contribution in [3.63, 3.8) is 0 Å². The van der Waals surface area contributed by atoms with E-state index in [0.717, 1.165) is 12.5 Å². The van der Waals surface area contributed by atoms with E-state index in [9.17, 15) is 9.18 Å². The van der Waals surface area contributed by atoms with Crippen molar-refractivity contribution in [2.24, 2.45) is 5.84 Å². The van der Waals surface area contributed by atoms with Crippen molar-refractivity contribution in [1.82, 2.24) is 5.43 Å². The lowest BCUT2D eigenvalue weighted by atomic mass is 10.2. The molecule has 3 N–H and O–H groups in total. The number of carbonyl (C=O) groups is 1. The van der Waals surface area contributed by atoms with Crippen LogP contribution < -0.4 is 16.0 Å². The smallest absolute Gasteiger partial charge is 0.274 e. The average Bonchev–Trinajstić information content (AvgIpc) is 2.30. The number of nitrogens with one attached hydrogen (secondary N) is 1. The van der Waals surface area contributed by atoms with Gasteiger partial charge in [-0.05, 0) is 24.6 Å². The maximum atomic E-state index is 12.8. The number of hydrogen-bond donors (Lipinski definition) is 2. The first kappa shape index (κ1) is 13.7. The molecule has 0 aliphatic rings. The maximum Gasteiger partial charge on any atom is 0.274 e. The molecule has 0 saturated heterocycles. The molecule has 0 aliphatic carbocycles. The van der Waals surface area contributed by atoms with E-state index in [1.165, 1.54) is 12.1 Å². The van der Waals surface area contributed by atoms with Gasteiger partial charge in [0.25, 0.3) is 5.91 Å². The Morgan fingerprint density at radius 2 is 2.35 bits per heavy atom. The normalized spacial score (nSPS) is 12.0. The Hall–Kier alpha value is -1.33. The highest BCUT2D eigenvalue weighted by Crippen LogP contribution is 2.26. The van der Waals surface area contributed by atoms with E-state index in [1.807, 2.05) is 12.3 Å². The number of rotatable bonds is 5. The quantitative estimate of drug-likeness (QED) is 0.484. The zero-order valence-corrected chi connectivity index (χ0v) is 10.1. The number of halogens is 2. The van der Waals surface area contributed by atoms with Gasteiger partial charge in [0, 0.05) is 0 Å². The zero-order chi connectivity index (χ0) is 12.8. The van der Waals surface area contributed by atoms with Crippen LogP contribution in [0.4, 0.5) is 4.39 Å². The zero-order valence-electron chi connectivity index (χ0n) is 9.37. The van der Waals surface area contributed by atoms with Crippen LogP contribution in [0.15, 0.2) is 18.2 Å². The molecule has 1 unspecified atom stereocenters. The Morgan fingerprint density at radius 3 is 2.88 bits per heavy atom. The molecule has 1 atom stereocenters. The van der Waals surface area contributed by atoms with E-state index < -0.39 is 17.8 Å². The number of hydrazine groups is 1. The highest BCUT2D eigenvalue weighted by molar-refractivity contribution is 6.32. The molecular formula is C11H14ClFN2O2. The molecule has 6 heteroatoms. The summed E-state index contributed by atoms with van der Waals surface area (Å²) < 4.78 is 18.2. The lowest BCUT2D eigenvalue weighted by molar-refractivity contribution is -0.128. The fraction of sp³-hybridized carbons (Fsp3) is 0.364. The number of benzene rings is 1. The molecule has 17 heavy (non-hydrogen) atoms. The summed E-state index contributed by atoms with van der Waals surface area (Å²) in [4.78, 5) is 11.4. The van der Waals surface area contributed by atoms with E-state index in [1.54, 1.807) is 0 Å². The van der Waals surface area contributed by atoms with Crippen molar-refractivity contribution in [2.45, 2.75) is 25.9 Å². The van der Waals surface area contributed by atoms with Crippen LogP contribution in [-0.2, 0) is 4.79 Å². The molecule has 0 spiro atoms. The van der Waals surface area contributed by atoms with Crippen LogP contribution in [-0.4, -0.2) is 12.0 Å². The first-order valence-electron chi connectivity index (χ1n) is 5.20. The van der Waals surface area contributed by atoms with Gasteiger partial charge in [0.15, 0.2) is 6.10 Å². The molecular weight excluding hydrogens is 247 g/mol. The molecule has 0 heterocycles. The van der Waals surface area contributed by atoms with Gasteiger partial charge in [0.2, 0.25) is 0 Å². The summed E-state index contributed by atoms with van der Waals surface area (Å²) in [5, 5.41) is 0.121. The largest absolute Gasteiger partial charge is 0.479 e. The van der Waals surface area contributed by atoms with Gasteiger partial charge < -0.3 is 4.74 Å². The maximum absolute atomic E-state index is 12.8. The van der Waals surface area contributed by atoms with E-state index >= 15 is 0 Å². The summed E-state index contributed by atoms with van der Waals surface area (Å²) in [6, 6.07) is 3.72. The second-order valence-corrected chi connectivity index (χ2v) is 3.89. The van der Waals surface area contributed by atoms with E-state index in [0.29, 0.717) is 6.42 Å². The third-order valence-electron chi connectivity index (χ3n) is 2.15. The van der Waals surface area contributed by atoms with Gasteiger partial charge >= 0.3 is 0 Å². The van der Waals surface area contributed by atoms with Crippen molar-refractivity contribution in [1.29, 1.82) is 0 Å². The second-order valence-electron chi connectivity index (χ2n) is 3.48. The molecule has 94 valence electrons. The minimum atomic E-state index is -0.729. The molecule has 0 fully saturated rings. The fourth-order valence-corrected chi connectivity index (χ4v) is 1.53. The lowest BCUT2D eigenvalue weighted by Crippen LogP contribution is -2.42. The summed E-state index contributed by atoms with van der Waals surface area (Å²) in [7, 11) is 0. The molecule has 1 amide bonds. The van der Waals surface area contributed by atoms with Crippen molar-refractivity contribution >= 4 is 17.5 Å². The third kappa shape index (κ3) is 3.87. The molecule has 0 aliphatic heterocycles. The highest BCUT2D eigenvalue weighted by Gasteiger charge is 2.19. The van der Waals surface area contributed by atoms with Crippen LogP contribution >= 0.6 is 11.6 Å². The topological polar surface area (TPSA) is 64.3 Å². The van der Waals surface area contributed by atoms with Crippen LogP contribution in [0.3, 0.4) is 0 Å². The molecule has 0 aromatic heterocycles. The number of hydrogen-bond acceptors (Lipinski definition) is 3. The predicted octanol–water partition coefficient (Wildman–Crippen LogP) is 2.02. The van der Waals surface area contributed by atoms with E-state index in [4.69, 9.17) is 22.2 Å². The fourth-order valence-electron chi connectivity index (χ4n) is 1.32. The number of amides is 1. The van der Waals surface area contributed by atoms with E-state index in [-0.39, 0.29) is 10.8 Å². The standard InChI is InChI=1S/C11H14ClFN2O2/c1-2-3-10(11(16)15-14)17-9-5-4-7(13)6-8(9)12/h4-6,10H,2-3,14H2,1H3,(H,15,16). The van der Waals surface area contributed by atoms with Crippen LogP contribution in [0.1, 0.15) is 19.8 Å². The molecule has 0 radical (unpaired) electrons. The van der Waals surface area contributed by atoms with Gasteiger partial charge in [0.1, 0.15) is 11.6 Å². The summed E-state index contributed by atoms with van der Waals surface area (Å²) in [5.74, 6) is 4.41. The summed E-state index contributed by atoms with van der Waals surface area (Å²) in [6.45, 7) is 1.91. The predicted molar refractivity (Wildman–Crippen MR) is 63.1 cm³/mol. The van der Waals surface area contributed by atoms with Crippen molar-refractivity contribution < 1.29 is 13.9 Å². The third-order valence-corrected chi connectivity index (χ3v) is 2.44. The average molecular weight is 261 g/mol. The number of nitrogens with two attached hydrogens (primary N) is 1. The first-order chi connectivity index (χ1) is 8.08. The molecule has 0 bridgehead atoms. The Labute approximate surface area is 104 Å². The second kappa shape index (κ2) is 6.42. The van der Waals surface area contributed by atoms with Gasteiger partial charge in [-0.1, -0.05) is 24.9 Å². The van der Waals surface area contributed by atoms with Gasteiger partial charge in [0.05, 0.1) is 5.02 Å². The van der Waals surface area contributed by atoms with Crippen LogP contribution in [0.2, 0.25) is 5.02 Å². The monoisotopic (exact) mass is 260 g/mol. The molecule has 1 aromatic rings. The van der Waals surface area contributed by atoms with Crippen molar-refractivity contribution in [3.05, 3.63) is 29.0 Å².